The molecule has 10 nitrogen and oxygen atoms in total. The van der Waals surface area contributed by atoms with Gasteiger partial charge >= 0.3 is 0 Å². The Balaban J connectivity index is 1.74. The first-order chi connectivity index (χ1) is 17.8. The molecule has 4 rings (SSSR count). The molecule has 38 heavy (non-hydrogen) atoms. The van der Waals surface area contributed by atoms with Crippen molar-refractivity contribution in [2.45, 2.75) is 50.6 Å². The van der Waals surface area contributed by atoms with E-state index in [-0.39, 0.29) is 58.4 Å². The lowest BCUT2D eigenvalue weighted by Gasteiger charge is -2.40. The Bertz CT molecular complexity index is 1530. The molecule has 1 unspecified atom stereocenters. The number of anilines is 2. The maximum atomic E-state index is 13.8. The zero-order valence-corrected chi connectivity index (χ0v) is 22.7. The molecule has 0 aromatic heterocycles. The summed E-state index contributed by atoms with van der Waals surface area (Å²) in [6.07, 6.45) is 2.54. The number of halogens is 1. The van der Waals surface area contributed by atoms with Gasteiger partial charge in [0.25, 0.3) is 15.9 Å². The minimum atomic E-state index is -4.35. The van der Waals surface area contributed by atoms with Gasteiger partial charge in [-0.2, -0.15) is 8.42 Å². The molecule has 2 heterocycles. The second kappa shape index (κ2) is 10.4. The van der Waals surface area contributed by atoms with Gasteiger partial charge in [0.1, 0.15) is 22.0 Å². The van der Waals surface area contributed by atoms with E-state index in [4.69, 9.17) is 0 Å². The van der Waals surface area contributed by atoms with Crippen molar-refractivity contribution in [2.75, 3.05) is 16.3 Å². The monoisotopic (exact) mass is 564 g/mol. The number of carbonyl (C=O) groups is 1. The number of benzene rings is 2. The molecule has 0 spiro atoms. The number of aliphatic hydroxyl groups is 1. The quantitative estimate of drug-likeness (QED) is 0.443. The molecule has 0 saturated carbocycles. The molecule has 0 aliphatic carbocycles. The van der Waals surface area contributed by atoms with Gasteiger partial charge in [0.05, 0.1) is 11.9 Å². The van der Waals surface area contributed by atoms with Crippen LogP contribution in [0.2, 0.25) is 0 Å². The van der Waals surface area contributed by atoms with Crippen LogP contribution in [0.15, 0.2) is 63.1 Å². The van der Waals surface area contributed by atoms with E-state index in [2.05, 4.69) is 14.4 Å². The molecule has 0 saturated heterocycles. The molecule has 1 amide bonds. The molecule has 1 atom stereocenters. The largest absolute Gasteiger partial charge is 0.511 e. The minimum absolute atomic E-state index is 0.0320. The number of carbonyl (C=O) groups excluding carboxylic acids is 1. The van der Waals surface area contributed by atoms with E-state index < -0.39 is 31.8 Å². The maximum Gasteiger partial charge on any atom is 0.286 e. The summed E-state index contributed by atoms with van der Waals surface area (Å²) in [5.41, 5.74) is 0.527. The topological polar surface area (TPSA) is 145 Å². The number of amidine groups is 1. The van der Waals surface area contributed by atoms with Crippen molar-refractivity contribution >= 4 is 43.2 Å². The lowest BCUT2D eigenvalue weighted by Crippen LogP contribution is -2.50. The van der Waals surface area contributed by atoms with Crippen LogP contribution in [0.5, 0.6) is 0 Å². The van der Waals surface area contributed by atoms with E-state index in [1.54, 1.807) is 17.0 Å². The number of nitrogens with one attached hydrogen (secondary N) is 2. The molecule has 2 aliphatic rings. The number of hydrogen-bond donors (Lipinski definition) is 3. The molecule has 13 heteroatoms. The number of sulfonamides is 2. The highest BCUT2D eigenvalue weighted by Crippen LogP contribution is 2.36. The highest BCUT2D eigenvalue weighted by Gasteiger charge is 2.41. The summed E-state index contributed by atoms with van der Waals surface area (Å²) in [6, 6.07) is 9.23. The second-order valence-electron chi connectivity index (χ2n) is 9.35. The van der Waals surface area contributed by atoms with Crippen LogP contribution in [0.3, 0.4) is 0 Å². The first kappa shape index (κ1) is 27.6. The van der Waals surface area contributed by atoms with Crippen molar-refractivity contribution < 1.29 is 31.1 Å². The van der Waals surface area contributed by atoms with Crippen LogP contribution in [0.4, 0.5) is 15.8 Å². The van der Waals surface area contributed by atoms with E-state index in [9.17, 15) is 31.1 Å². The minimum Gasteiger partial charge on any atom is -0.511 e. The highest BCUT2D eigenvalue weighted by atomic mass is 32.2. The molecule has 2 aromatic rings. The van der Waals surface area contributed by atoms with Crippen molar-refractivity contribution in [3.05, 3.63) is 65.2 Å². The lowest BCUT2D eigenvalue weighted by atomic mass is 9.85. The standard InChI is InChI=1S/C25H29FN4O6S2/c1-4-16(5-2)20-13-21(31)23(25(32)30(20)14-15-6-8-17(26)9-7-15)24-27-19-11-10-18(28-37(3,33)34)12-22(19)38(35,36)29-24/h6-12,16,20,28,31H,4-5,13-14H2,1-3H3,(H,27,29). The van der Waals surface area contributed by atoms with Crippen molar-refractivity contribution in [1.82, 2.24) is 4.90 Å². The molecule has 0 radical (unpaired) electrons. The number of fused-ring (bicyclic) bond motifs is 1. The Labute approximate surface area is 221 Å². The maximum absolute atomic E-state index is 13.8. The first-order valence-corrected chi connectivity index (χ1v) is 15.4. The summed E-state index contributed by atoms with van der Waals surface area (Å²) >= 11 is 0. The third-order valence-corrected chi connectivity index (χ3v) is 8.61. The van der Waals surface area contributed by atoms with Crippen LogP contribution in [0.1, 0.15) is 38.7 Å². The van der Waals surface area contributed by atoms with E-state index in [0.29, 0.717) is 5.56 Å². The third-order valence-electron chi connectivity index (χ3n) is 6.69. The molecule has 2 aromatic carbocycles. The zero-order valence-electron chi connectivity index (χ0n) is 21.1. The fourth-order valence-electron chi connectivity index (χ4n) is 4.84. The van der Waals surface area contributed by atoms with Crippen molar-refractivity contribution in [3.8, 4) is 0 Å². The number of nitrogens with zero attached hydrogens (tertiary/aromatic N) is 2. The van der Waals surface area contributed by atoms with E-state index in [1.807, 2.05) is 13.8 Å². The molecular formula is C25H29FN4O6S2. The summed E-state index contributed by atoms with van der Waals surface area (Å²) in [5.74, 6) is -1.55. The Hall–Kier alpha value is -3.45. The van der Waals surface area contributed by atoms with Gasteiger partial charge in [0, 0.05) is 24.7 Å². The van der Waals surface area contributed by atoms with Gasteiger partial charge in [0.2, 0.25) is 10.0 Å². The molecule has 0 fully saturated rings. The molecular weight excluding hydrogens is 535 g/mol. The predicted molar refractivity (Wildman–Crippen MR) is 142 cm³/mol. The Morgan fingerprint density at radius 3 is 2.45 bits per heavy atom. The summed E-state index contributed by atoms with van der Waals surface area (Å²) in [4.78, 5) is 15.1. The number of amides is 1. The van der Waals surface area contributed by atoms with Crippen LogP contribution in [-0.4, -0.2) is 50.9 Å². The summed E-state index contributed by atoms with van der Waals surface area (Å²) in [6.45, 7) is 4.12. The van der Waals surface area contributed by atoms with Crippen molar-refractivity contribution in [3.63, 3.8) is 0 Å². The van der Waals surface area contributed by atoms with Gasteiger partial charge in [-0.05, 0) is 41.8 Å². The van der Waals surface area contributed by atoms with Crippen LogP contribution in [0.25, 0.3) is 0 Å². The van der Waals surface area contributed by atoms with Gasteiger partial charge < -0.3 is 15.3 Å². The van der Waals surface area contributed by atoms with Crippen molar-refractivity contribution in [1.29, 1.82) is 0 Å². The summed E-state index contributed by atoms with van der Waals surface area (Å²) in [7, 11) is -8.00. The Morgan fingerprint density at radius 2 is 1.84 bits per heavy atom. The van der Waals surface area contributed by atoms with Crippen LogP contribution < -0.4 is 10.0 Å². The van der Waals surface area contributed by atoms with Gasteiger partial charge in [-0.1, -0.05) is 38.8 Å². The van der Waals surface area contributed by atoms with Crippen LogP contribution >= 0.6 is 0 Å². The van der Waals surface area contributed by atoms with Gasteiger partial charge in [-0.25, -0.2) is 12.8 Å². The van der Waals surface area contributed by atoms with E-state index in [0.717, 1.165) is 25.2 Å². The molecule has 0 bridgehead atoms. The third kappa shape index (κ3) is 5.68. The second-order valence-corrected chi connectivity index (χ2v) is 12.7. The van der Waals surface area contributed by atoms with Gasteiger partial charge in [0.15, 0.2) is 5.84 Å². The normalized spacial score (nSPS) is 19.2. The van der Waals surface area contributed by atoms with E-state index in [1.165, 1.54) is 24.3 Å². The Kier molecular flexibility index (Phi) is 7.53. The molecule has 204 valence electrons. The van der Waals surface area contributed by atoms with Gasteiger partial charge in [-0.3, -0.25) is 9.52 Å². The average molecular weight is 565 g/mol. The van der Waals surface area contributed by atoms with Crippen LogP contribution in [-0.2, 0) is 31.4 Å². The Morgan fingerprint density at radius 1 is 1.18 bits per heavy atom. The number of hydrogen-bond acceptors (Lipinski definition) is 7. The number of rotatable bonds is 8. The SMILES string of the molecule is CCC(CC)C1CC(O)=C(C2=NS(=O)(=O)c3cc(NS(C)(=O)=O)ccc3N2)C(=O)N1Cc1ccc(F)cc1. The lowest BCUT2D eigenvalue weighted by molar-refractivity contribution is -0.132. The van der Waals surface area contributed by atoms with Gasteiger partial charge in [-0.15, -0.1) is 4.40 Å². The van der Waals surface area contributed by atoms with Crippen molar-refractivity contribution in [2.24, 2.45) is 10.3 Å². The van der Waals surface area contributed by atoms with E-state index >= 15 is 0 Å². The fourth-order valence-corrected chi connectivity index (χ4v) is 6.54. The number of aliphatic hydroxyl groups excluding tert-OH is 1. The highest BCUT2D eigenvalue weighted by molar-refractivity contribution is 7.92. The molecule has 2 aliphatic heterocycles. The smallest absolute Gasteiger partial charge is 0.286 e. The first-order valence-electron chi connectivity index (χ1n) is 12.0. The average Bonchev–Trinajstić information content (AvgIpc) is 2.82. The summed E-state index contributed by atoms with van der Waals surface area (Å²) < 4.78 is 68.7. The predicted octanol–water partition coefficient (Wildman–Crippen LogP) is 3.76. The molecule has 3 N–H and O–H groups in total. The fraction of sp³-hybridized carbons (Fsp3) is 0.360. The summed E-state index contributed by atoms with van der Waals surface area (Å²) in [5, 5.41) is 13.8. The zero-order chi connectivity index (χ0) is 27.8. The van der Waals surface area contributed by atoms with Crippen LogP contribution in [0, 0.1) is 11.7 Å².